The number of hydrogen-bond acceptors (Lipinski definition) is 4. The van der Waals surface area contributed by atoms with Gasteiger partial charge in [-0.3, -0.25) is 4.79 Å². The van der Waals surface area contributed by atoms with E-state index in [9.17, 15) is 4.79 Å². The van der Waals surface area contributed by atoms with E-state index in [0.717, 1.165) is 16.9 Å². The van der Waals surface area contributed by atoms with Crippen LogP contribution in [-0.4, -0.2) is 27.2 Å². The van der Waals surface area contributed by atoms with E-state index in [0.29, 0.717) is 11.7 Å². The van der Waals surface area contributed by atoms with Crippen LogP contribution in [0.15, 0.2) is 0 Å². The van der Waals surface area contributed by atoms with Gasteiger partial charge in [0.2, 0.25) is 0 Å². The van der Waals surface area contributed by atoms with Gasteiger partial charge in [-0.05, 0) is 26.2 Å². The molecule has 2 rings (SSSR count). The minimum Gasteiger partial charge on any atom is -0.450 e. The Morgan fingerprint density at radius 1 is 0.800 bits per heavy atom. The van der Waals surface area contributed by atoms with Gasteiger partial charge in [-0.15, -0.1) is 11.8 Å². The van der Waals surface area contributed by atoms with E-state index in [1.807, 2.05) is 0 Å². The molecule has 0 saturated carbocycles. The minimum absolute atomic E-state index is 0.00812. The summed E-state index contributed by atoms with van der Waals surface area (Å²) in [6.07, 6.45) is 18.2. The van der Waals surface area contributed by atoms with Gasteiger partial charge in [0.25, 0.3) is 0 Å². The third kappa shape index (κ3) is 10.2. The van der Waals surface area contributed by atoms with Gasteiger partial charge in [-0.25, -0.2) is 0 Å². The predicted octanol–water partition coefficient (Wildman–Crippen LogP) is 6.96. The largest absolute Gasteiger partial charge is 0.450 e. The summed E-state index contributed by atoms with van der Waals surface area (Å²) >= 11 is 3.97. The molecule has 25 heavy (non-hydrogen) atoms. The highest BCUT2D eigenvalue weighted by Crippen LogP contribution is 2.47. The number of esters is 1. The van der Waals surface area contributed by atoms with Gasteiger partial charge in [-0.2, -0.15) is 11.8 Å². The molecule has 2 aliphatic rings. The molecule has 0 aliphatic carbocycles. The molecule has 146 valence electrons. The Hall–Kier alpha value is 0.170. The Morgan fingerprint density at radius 3 is 1.88 bits per heavy atom. The second kappa shape index (κ2) is 12.5. The summed E-state index contributed by atoms with van der Waals surface area (Å²) in [6.45, 7) is 4.40. The highest BCUT2D eigenvalue weighted by Gasteiger charge is 2.37. The molecule has 4 atom stereocenters. The third-order valence-corrected chi connectivity index (χ3v) is 7.95. The van der Waals surface area contributed by atoms with E-state index in [-0.39, 0.29) is 11.4 Å². The summed E-state index contributed by atoms with van der Waals surface area (Å²) in [5.41, 5.74) is 0.160. The lowest BCUT2D eigenvalue weighted by atomic mass is 10.0. The molecule has 4 heteroatoms. The van der Waals surface area contributed by atoms with E-state index in [1.165, 1.54) is 77.0 Å². The summed E-state index contributed by atoms with van der Waals surface area (Å²) in [5.74, 6) is 0.00812. The van der Waals surface area contributed by atoms with E-state index >= 15 is 0 Å². The van der Waals surface area contributed by atoms with E-state index in [1.54, 1.807) is 11.8 Å². The lowest BCUT2D eigenvalue weighted by Crippen LogP contribution is -2.07. The second-order valence-corrected chi connectivity index (χ2v) is 10.7. The van der Waals surface area contributed by atoms with Crippen molar-refractivity contribution in [1.29, 1.82) is 0 Å². The lowest BCUT2D eigenvalue weighted by Gasteiger charge is -2.03. The van der Waals surface area contributed by atoms with E-state index in [4.69, 9.17) is 4.74 Å². The first-order valence-corrected chi connectivity index (χ1v) is 12.6. The molecule has 2 aliphatic heterocycles. The maximum atomic E-state index is 11.6. The third-order valence-electron chi connectivity index (χ3n) is 5.30. The molecule has 2 nitrogen and oxygen atoms in total. The van der Waals surface area contributed by atoms with Crippen LogP contribution in [0, 0.1) is 0 Å². The Kier molecular flexibility index (Phi) is 10.8. The summed E-state index contributed by atoms with van der Waals surface area (Å²) < 4.78 is 5.33. The Balaban J connectivity index is 1.29. The number of unbranched alkanes of at least 4 members (excludes halogenated alkanes) is 9. The van der Waals surface area contributed by atoms with Gasteiger partial charge < -0.3 is 4.74 Å². The maximum Gasteiger partial charge on any atom is 0.306 e. The van der Waals surface area contributed by atoms with Crippen LogP contribution in [0.2, 0.25) is 0 Å². The fourth-order valence-electron chi connectivity index (χ4n) is 3.44. The number of rotatable bonds is 16. The van der Waals surface area contributed by atoms with Gasteiger partial charge in [0.1, 0.15) is 0 Å². The fraction of sp³-hybridized carbons (Fsp3) is 0.952. The molecule has 0 aromatic rings. The van der Waals surface area contributed by atoms with Crippen LogP contribution in [0.3, 0.4) is 0 Å². The molecular weight excluding hydrogens is 348 g/mol. The number of thioether (sulfide) groups is 2. The molecule has 0 amide bonds. The molecule has 0 N–H and O–H groups in total. The van der Waals surface area contributed by atoms with E-state index in [2.05, 4.69) is 25.6 Å². The number of ether oxygens (including phenoxy) is 1. The molecule has 0 aromatic carbocycles. The molecule has 0 bridgehead atoms. The summed E-state index contributed by atoms with van der Waals surface area (Å²) in [6, 6.07) is 0. The van der Waals surface area contributed by atoms with Crippen molar-refractivity contribution >= 4 is 29.5 Å². The topological polar surface area (TPSA) is 26.3 Å². The van der Waals surface area contributed by atoms with Crippen molar-refractivity contribution in [2.45, 2.75) is 125 Å². The van der Waals surface area contributed by atoms with Gasteiger partial charge in [-0.1, -0.05) is 71.1 Å². The van der Waals surface area contributed by atoms with Gasteiger partial charge in [0, 0.05) is 16.9 Å². The molecule has 2 heterocycles. The van der Waals surface area contributed by atoms with Crippen molar-refractivity contribution in [3.63, 3.8) is 0 Å². The van der Waals surface area contributed by atoms with E-state index < -0.39 is 0 Å². The molecule has 0 spiro atoms. The first-order valence-electron chi connectivity index (χ1n) is 10.7. The highest BCUT2D eigenvalue weighted by molar-refractivity contribution is 8.07. The van der Waals surface area contributed by atoms with Crippen LogP contribution in [0.1, 0.15) is 104 Å². The van der Waals surface area contributed by atoms with Crippen LogP contribution in [0.25, 0.3) is 0 Å². The van der Waals surface area contributed by atoms with Gasteiger partial charge >= 0.3 is 5.97 Å². The zero-order valence-electron chi connectivity index (χ0n) is 16.3. The Bertz CT molecular complexity index is 375. The van der Waals surface area contributed by atoms with Crippen molar-refractivity contribution in [3.8, 4) is 0 Å². The zero-order chi connectivity index (χ0) is 17.9. The van der Waals surface area contributed by atoms with Crippen LogP contribution < -0.4 is 0 Å². The van der Waals surface area contributed by atoms with Crippen LogP contribution in [0.5, 0.6) is 0 Å². The molecular formula is C21H38O2S2. The van der Waals surface area contributed by atoms with Crippen LogP contribution >= 0.6 is 23.5 Å². The first kappa shape index (κ1) is 21.5. The molecule has 2 fully saturated rings. The average molecular weight is 387 g/mol. The molecule has 4 unspecified atom stereocenters. The second-order valence-electron chi connectivity index (χ2n) is 7.78. The molecule has 0 radical (unpaired) electrons. The minimum atomic E-state index is 0.00812. The van der Waals surface area contributed by atoms with Crippen molar-refractivity contribution in [2.24, 2.45) is 0 Å². The number of hydrogen-bond donors (Lipinski definition) is 0. The Labute approximate surface area is 164 Å². The normalized spacial score (nSPS) is 27.3. The van der Waals surface area contributed by atoms with Crippen molar-refractivity contribution in [3.05, 3.63) is 0 Å². The van der Waals surface area contributed by atoms with Gasteiger partial charge in [0.15, 0.2) is 5.44 Å². The van der Waals surface area contributed by atoms with Crippen molar-refractivity contribution in [2.75, 3.05) is 0 Å². The van der Waals surface area contributed by atoms with Crippen molar-refractivity contribution < 1.29 is 9.53 Å². The SMILES string of the molecule is CCCCCCCCC1SC1CCCCCCCC(=O)OC1SC1C. The maximum absolute atomic E-state index is 11.6. The highest BCUT2D eigenvalue weighted by atomic mass is 32.2. The monoisotopic (exact) mass is 386 g/mol. The summed E-state index contributed by atoms with van der Waals surface area (Å²) in [7, 11) is 0. The summed E-state index contributed by atoms with van der Waals surface area (Å²) in [5, 5.41) is 2.49. The zero-order valence-corrected chi connectivity index (χ0v) is 18.0. The quantitative estimate of drug-likeness (QED) is 0.163. The number of carbonyl (C=O) groups is 1. The molecule has 0 aromatic heterocycles. The van der Waals surface area contributed by atoms with Crippen LogP contribution in [-0.2, 0) is 9.53 Å². The standard InChI is InChI=1S/C21H38O2S2/c1-3-4-5-6-8-11-14-18-19(25-18)15-12-9-7-10-13-16-20(22)23-21-17(2)24-21/h17-19,21H,3-16H2,1-2H3. The number of carbonyl (C=O) groups excluding carboxylic acids is 1. The smallest absolute Gasteiger partial charge is 0.306 e. The first-order chi connectivity index (χ1) is 12.2. The average Bonchev–Trinajstić information content (AvgIpc) is 3.49. The molecule has 2 saturated heterocycles. The van der Waals surface area contributed by atoms with Crippen LogP contribution in [0.4, 0.5) is 0 Å². The van der Waals surface area contributed by atoms with Gasteiger partial charge in [0.05, 0.1) is 5.25 Å². The predicted molar refractivity (Wildman–Crippen MR) is 112 cm³/mol. The van der Waals surface area contributed by atoms with Crippen molar-refractivity contribution in [1.82, 2.24) is 0 Å². The Morgan fingerprint density at radius 2 is 1.32 bits per heavy atom. The lowest BCUT2D eigenvalue weighted by molar-refractivity contribution is -0.144. The fourth-order valence-corrected chi connectivity index (χ4v) is 5.22. The summed E-state index contributed by atoms with van der Waals surface area (Å²) in [4.78, 5) is 11.6.